The number of rotatable bonds is 1. The number of thiazole rings is 1. The summed E-state index contributed by atoms with van der Waals surface area (Å²) in [5.74, 6) is 0.388. The highest BCUT2D eigenvalue weighted by molar-refractivity contribution is 7.13. The lowest BCUT2D eigenvalue weighted by Gasteiger charge is -1.97. The van der Waals surface area contributed by atoms with Gasteiger partial charge in [0.25, 0.3) is 0 Å². The zero-order valence-corrected chi connectivity index (χ0v) is 8.13. The van der Waals surface area contributed by atoms with Crippen molar-refractivity contribution in [1.82, 2.24) is 19.9 Å². The Hall–Kier alpha value is -1.76. The van der Waals surface area contributed by atoms with Gasteiger partial charge < -0.3 is 5.73 Å². The SMILES string of the molecule is Cc1ncsc1-c1nc(N)nc(=O)[nH]1. The molecule has 72 valence electrons. The predicted octanol–water partition coefficient (Wildman–Crippen LogP) is 0.179. The van der Waals surface area contributed by atoms with Crippen molar-refractivity contribution in [3.8, 4) is 10.7 Å². The lowest BCUT2D eigenvalue weighted by Crippen LogP contribution is -2.15. The Morgan fingerprint density at radius 2 is 2.29 bits per heavy atom. The minimum absolute atomic E-state index is 0.0310. The van der Waals surface area contributed by atoms with Crippen LogP contribution in [0.2, 0.25) is 0 Å². The van der Waals surface area contributed by atoms with E-state index in [1.165, 1.54) is 11.3 Å². The highest BCUT2D eigenvalue weighted by atomic mass is 32.1. The van der Waals surface area contributed by atoms with E-state index in [9.17, 15) is 4.79 Å². The van der Waals surface area contributed by atoms with Gasteiger partial charge in [-0.1, -0.05) is 0 Å². The van der Waals surface area contributed by atoms with Crippen LogP contribution in [0.25, 0.3) is 10.7 Å². The fourth-order valence-electron chi connectivity index (χ4n) is 1.04. The summed E-state index contributed by atoms with van der Waals surface area (Å²) in [7, 11) is 0. The maximum atomic E-state index is 11.0. The Morgan fingerprint density at radius 3 is 2.86 bits per heavy atom. The zero-order chi connectivity index (χ0) is 10.1. The predicted molar refractivity (Wildman–Crippen MR) is 52.9 cm³/mol. The lowest BCUT2D eigenvalue weighted by molar-refractivity contribution is 1.01. The number of aromatic nitrogens is 4. The van der Waals surface area contributed by atoms with E-state index >= 15 is 0 Å². The molecule has 2 aromatic rings. The molecule has 2 heterocycles. The molecule has 0 atom stereocenters. The Morgan fingerprint density at radius 1 is 1.50 bits per heavy atom. The van der Waals surface area contributed by atoms with Gasteiger partial charge in [-0.3, -0.25) is 4.98 Å². The summed E-state index contributed by atoms with van der Waals surface area (Å²) in [6.07, 6.45) is 0. The number of aromatic amines is 1. The van der Waals surface area contributed by atoms with E-state index in [2.05, 4.69) is 19.9 Å². The van der Waals surface area contributed by atoms with Crippen LogP contribution < -0.4 is 11.4 Å². The quantitative estimate of drug-likeness (QED) is 0.698. The molecule has 0 bridgehead atoms. The average molecular weight is 209 g/mol. The van der Waals surface area contributed by atoms with Gasteiger partial charge >= 0.3 is 5.69 Å². The normalized spacial score (nSPS) is 10.4. The average Bonchev–Trinajstić information content (AvgIpc) is 2.49. The summed E-state index contributed by atoms with van der Waals surface area (Å²) in [6.45, 7) is 1.84. The molecule has 0 amide bonds. The van der Waals surface area contributed by atoms with Crippen molar-refractivity contribution in [3.63, 3.8) is 0 Å². The molecule has 6 nitrogen and oxygen atoms in total. The zero-order valence-electron chi connectivity index (χ0n) is 7.31. The largest absolute Gasteiger partial charge is 0.368 e. The second kappa shape index (κ2) is 3.18. The van der Waals surface area contributed by atoms with Crippen LogP contribution in [0.15, 0.2) is 10.3 Å². The van der Waals surface area contributed by atoms with Crippen molar-refractivity contribution in [2.75, 3.05) is 5.73 Å². The molecule has 7 heteroatoms. The number of nitrogens with one attached hydrogen (secondary N) is 1. The number of aryl methyl sites for hydroxylation is 1. The van der Waals surface area contributed by atoms with E-state index in [1.807, 2.05) is 6.92 Å². The van der Waals surface area contributed by atoms with Crippen molar-refractivity contribution in [2.24, 2.45) is 0 Å². The van der Waals surface area contributed by atoms with Gasteiger partial charge in [-0.2, -0.15) is 9.97 Å². The summed E-state index contributed by atoms with van der Waals surface area (Å²) in [6, 6.07) is 0. The molecule has 2 aromatic heterocycles. The molecule has 0 aliphatic carbocycles. The molecule has 3 N–H and O–H groups in total. The van der Waals surface area contributed by atoms with Gasteiger partial charge in [-0.25, -0.2) is 9.78 Å². The monoisotopic (exact) mass is 209 g/mol. The number of nitrogens with zero attached hydrogens (tertiary/aromatic N) is 3. The number of anilines is 1. The van der Waals surface area contributed by atoms with Gasteiger partial charge in [0.15, 0.2) is 5.82 Å². The Balaban J connectivity index is 2.63. The van der Waals surface area contributed by atoms with E-state index < -0.39 is 5.69 Å². The lowest BCUT2D eigenvalue weighted by atomic mass is 10.4. The number of hydrogen-bond donors (Lipinski definition) is 2. The van der Waals surface area contributed by atoms with Crippen LogP contribution in [0, 0.1) is 6.92 Å². The van der Waals surface area contributed by atoms with Crippen LogP contribution in [-0.4, -0.2) is 19.9 Å². The van der Waals surface area contributed by atoms with Crippen LogP contribution in [-0.2, 0) is 0 Å². The fourth-order valence-corrected chi connectivity index (χ4v) is 1.79. The molecule has 0 aliphatic heterocycles. The molecule has 0 aliphatic rings. The Bertz CT molecular complexity index is 517. The summed E-state index contributed by atoms with van der Waals surface area (Å²) in [4.78, 5) is 25.7. The van der Waals surface area contributed by atoms with Gasteiger partial charge in [-0.15, -0.1) is 11.3 Å². The molecule has 0 saturated carbocycles. The van der Waals surface area contributed by atoms with Crippen LogP contribution in [0.4, 0.5) is 5.95 Å². The third kappa shape index (κ3) is 1.49. The smallest absolute Gasteiger partial charge is 0.349 e. The van der Waals surface area contributed by atoms with E-state index in [-0.39, 0.29) is 5.95 Å². The van der Waals surface area contributed by atoms with E-state index in [0.29, 0.717) is 5.82 Å². The van der Waals surface area contributed by atoms with Gasteiger partial charge in [0, 0.05) is 0 Å². The molecule has 14 heavy (non-hydrogen) atoms. The first-order valence-corrected chi connectivity index (χ1v) is 4.69. The molecule has 0 aromatic carbocycles. The summed E-state index contributed by atoms with van der Waals surface area (Å²) in [5.41, 5.74) is 7.35. The minimum Gasteiger partial charge on any atom is -0.368 e. The Labute approximate surface area is 82.9 Å². The molecule has 0 radical (unpaired) electrons. The summed E-state index contributed by atoms with van der Waals surface area (Å²) >= 11 is 1.39. The molecule has 0 unspecified atom stereocenters. The van der Waals surface area contributed by atoms with Gasteiger partial charge in [0.1, 0.15) is 0 Å². The summed E-state index contributed by atoms with van der Waals surface area (Å²) < 4.78 is 0. The van der Waals surface area contributed by atoms with E-state index in [1.54, 1.807) is 5.51 Å². The standard InChI is InChI=1S/C7H7N5OS/c1-3-4(14-2-9-3)5-10-6(8)12-7(13)11-5/h2H,1H3,(H3,8,10,11,12,13). The molecular formula is C7H7N5OS. The van der Waals surface area contributed by atoms with Crippen molar-refractivity contribution in [2.45, 2.75) is 6.92 Å². The van der Waals surface area contributed by atoms with Crippen LogP contribution in [0.5, 0.6) is 0 Å². The van der Waals surface area contributed by atoms with Crippen molar-refractivity contribution in [1.29, 1.82) is 0 Å². The third-order valence-electron chi connectivity index (χ3n) is 1.63. The third-order valence-corrected chi connectivity index (χ3v) is 2.56. The van der Waals surface area contributed by atoms with Crippen molar-refractivity contribution in [3.05, 3.63) is 21.7 Å². The van der Waals surface area contributed by atoms with Gasteiger partial charge in [0.2, 0.25) is 5.95 Å². The maximum absolute atomic E-state index is 11.0. The van der Waals surface area contributed by atoms with E-state index in [4.69, 9.17) is 5.73 Å². The Kier molecular flexibility index (Phi) is 2.01. The molecule has 0 spiro atoms. The summed E-state index contributed by atoms with van der Waals surface area (Å²) in [5, 5.41) is 0. The minimum atomic E-state index is -0.500. The van der Waals surface area contributed by atoms with Crippen LogP contribution in [0.1, 0.15) is 5.69 Å². The van der Waals surface area contributed by atoms with Crippen molar-refractivity contribution < 1.29 is 0 Å². The first-order chi connectivity index (χ1) is 6.66. The van der Waals surface area contributed by atoms with E-state index in [0.717, 1.165) is 10.6 Å². The van der Waals surface area contributed by atoms with Crippen LogP contribution >= 0.6 is 11.3 Å². The number of hydrogen-bond acceptors (Lipinski definition) is 6. The fraction of sp³-hybridized carbons (Fsp3) is 0.143. The second-order valence-corrected chi connectivity index (χ2v) is 3.48. The van der Waals surface area contributed by atoms with Crippen LogP contribution in [0.3, 0.4) is 0 Å². The number of nitrogens with two attached hydrogens (primary N) is 1. The number of nitrogen functional groups attached to an aromatic ring is 1. The van der Waals surface area contributed by atoms with Crippen molar-refractivity contribution >= 4 is 17.3 Å². The number of H-pyrrole nitrogens is 1. The topological polar surface area (TPSA) is 97.5 Å². The first-order valence-electron chi connectivity index (χ1n) is 3.81. The van der Waals surface area contributed by atoms with Gasteiger partial charge in [0.05, 0.1) is 16.1 Å². The highest BCUT2D eigenvalue weighted by Gasteiger charge is 2.08. The molecule has 0 fully saturated rings. The molecule has 2 rings (SSSR count). The molecule has 0 saturated heterocycles. The van der Waals surface area contributed by atoms with Gasteiger partial charge in [-0.05, 0) is 6.92 Å². The maximum Gasteiger partial charge on any atom is 0.349 e. The highest BCUT2D eigenvalue weighted by Crippen LogP contribution is 2.22. The second-order valence-electron chi connectivity index (χ2n) is 2.63. The molecular weight excluding hydrogens is 202 g/mol. The first kappa shape index (κ1) is 8.82.